The Kier molecular flexibility index (Phi) is 9.76. The van der Waals surface area contributed by atoms with Crippen molar-refractivity contribution >= 4 is 0 Å². The van der Waals surface area contributed by atoms with E-state index in [9.17, 15) is 0 Å². The molecule has 0 aliphatic rings. The summed E-state index contributed by atoms with van der Waals surface area (Å²) in [5, 5.41) is 0. The molecular formula is C23H33N. The molecule has 0 aliphatic carbocycles. The van der Waals surface area contributed by atoms with Crippen LogP contribution in [0.2, 0.25) is 0 Å². The smallest absolute Gasteiger partial charge is 0.0482 e. The minimum atomic E-state index is 0.809. The molecule has 1 aromatic heterocycles. The van der Waals surface area contributed by atoms with E-state index < -0.39 is 0 Å². The molecule has 0 bridgehead atoms. The van der Waals surface area contributed by atoms with Crippen molar-refractivity contribution in [2.45, 2.75) is 64.7 Å². The molecule has 0 amide bonds. The molecule has 24 heavy (non-hydrogen) atoms. The van der Waals surface area contributed by atoms with Gasteiger partial charge in [0, 0.05) is 24.2 Å². The van der Waals surface area contributed by atoms with E-state index in [1.54, 1.807) is 0 Å². The summed E-state index contributed by atoms with van der Waals surface area (Å²) in [5.41, 5.74) is 6.48. The van der Waals surface area contributed by atoms with Gasteiger partial charge in [-0.3, -0.25) is 4.98 Å². The predicted octanol–water partition coefficient (Wildman–Crippen LogP) is 6.12. The number of rotatable bonds is 13. The maximum absolute atomic E-state index is 4.96. The summed E-state index contributed by atoms with van der Waals surface area (Å²) >= 11 is 0. The Bertz CT molecular complexity index is 524. The number of aromatic nitrogens is 1. The Morgan fingerprint density at radius 1 is 0.667 bits per heavy atom. The van der Waals surface area contributed by atoms with Crippen molar-refractivity contribution in [1.82, 2.24) is 4.98 Å². The summed E-state index contributed by atoms with van der Waals surface area (Å²) in [6.07, 6.45) is 17.4. The van der Waals surface area contributed by atoms with Gasteiger partial charge in [-0.2, -0.15) is 0 Å². The second kappa shape index (κ2) is 11.6. The first-order valence-corrected chi connectivity index (χ1v) is 9.19. The molecule has 0 saturated heterocycles. The van der Waals surface area contributed by atoms with Crippen LogP contribution in [0.15, 0.2) is 50.6 Å². The summed E-state index contributed by atoms with van der Waals surface area (Å²) in [4.78, 5) is 4.96. The van der Waals surface area contributed by atoms with Crippen LogP contribution < -0.4 is 0 Å². The van der Waals surface area contributed by atoms with Gasteiger partial charge in [0.05, 0.1) is 0 Å². The maximum Gasteiger partial charge on any atom is 0.0482 e. The number of nitrogens with zero attached hydrogens (tertiary/aromatic N) is 1. The molecule has 0 atom stereocenters. The normalized spacial score (nSPS) is 10.4. The Hall–Kier alpha value is -1.89. The largest absolute Gasteiger partial charge is 0.257 e. The van der Waals surface area contributed by atoms with Gasteiger partial charge in [0.2, 0.25) is 0 Å². The molecule has 1 rings (SSSR count). The SMILES string of the molecule is C=CCc1nc(CC=C)c(CC=C)c(CCCCCC)c1CC=C. The maximum atomic E-state index is 4.96. The summed E-state index contributed by atoms with van der Waals surface area (Å²) in [5.74, 6) is 0. The Morgan fingerprint density at radius 2 is 1.17 bits per heavy atom. The van der Waals surface area contributed by atoms with E-state index in [0.717, 1.165) is 43.5 Å². The van der Waals surface area contributed by atoms with E-state index in [0.29, 0.717) is 0 Å². The average molecular weight is 324 g/mol. The zero-order valence-corrected chi connectivity index (χ0v) is 15.4. The lowest BCUT2D eigenvalue weighted by Gasteiger charge is -2.20. The van der Waals surface area contributed by atoms with Crippen LogP contribution in [0.25, 0.3) is 0 Å². The third-order valence-electron chi connectivity index (χ3n) is 4.35. The van der Waals surface area contributed by atoms with Crippen LogP contribution in [0.5, 0.6) is 0 Å². The lowest BCUT2D eigenvalue weighted by molar-refractivity contribution is 0.661. The van der Waals surface area contributed by atoms with Crippen molar-refractivity contribution in [3.63, 3.8) is 0 Å². The van der Waals surface area contributed by atoms with Gasteiger partial charge in [0.1, 0.15) is 0 Å². The molecule has 0 saturated carbocycles. The number of hydrogen-bond acceptors (Lipinski definition) is 1. The van der Waals surface area contributed by atoms with Gasteiger partial charge in [-0.05, 0) is 42.4 Å². The standard InChI is InChI=1S/C23H33N/c1-6-11-12-13-18-19-20(14-7-2)22(16-9-4)24-23(17-10-5)21(19)15-8-3/h7-10H,2-6,11-18H2,1H3. The Balaban J connectivity index is 3.39. The minimum Gasteiger partial charge on any atom is -0.257 e. The van der Waals surface area contributed by atoms with Crippen molar-refractivity contribution in [2.24, 2.45) is 0 Å². The zero-order chi connectivity index (χ0) is 17.8. The summed E-state index contributed by atoms with van der Waals surface area (Å²) in [6.45, 7) is 18.0. The highest BCUT2D eigenvalue weighted by molar-refractivity contribution is 5.44. The van der Waals surface area contributed by atoms with Crippen molar-refractivity contribution < 1.29 is 0 Å². The van der Waals surface area contributed by atoms with Gasteiger partial charge in [-0.25, -0.2) is 0 Å². The molecule has 0 fully saturated rings. The molecule has 0 N–H and O–H groups in total. The van der Waals surface area contributed by atoms with Gasteiger partial charge in [0.25, 0.3) is 0 Å². The van der Waals surface area contributed by atoms with E-state index in [2.05, 4.69) is 33.2 Å². The zero-order valence-electron chi connectivity index (χ0n) is 15.4. The highest BCUT2D eigenvalue weighted by atomic mass is 14.7. The summed E-state index contributed by atoms with van der Waals surface area (Å²) in [6, 6.07) is 0. The first-order chi connectivity index (χ1) is 11.7. The van der Waals surface area contributed by atoms with E-state index >= 15 is 0 Å². The second-order valence-electron chi connectivity index (χ2n) is 6.22. The molecule has 0 aliphatic heterocycles. The lowest BCUT2D eigenvalue weighted by atomic mass is 9.89. The summed E-state index contributed by atoms with van der Waals surface area (Å²) in [7, 11) is 0. The minimum absolute atomic E-state index is 0.809. The molecule has 130 valence electrons. The molecule has 1 aromatic rings. The molecular weight excluding hydrogens is 290 g/mol. The lowest BCUT2D eigenvalue weighted by Crippen LogP contribution is -2.11. The van der Waals surface area contributed by atoms with Gasteiger partial charge in [0.15, 0.2) is 0 Å². The van der Waals surface area contributed by atoms with Crippen molar-refractivity contribution in [2.75, 3.05) is 0 Å². The number of unbranched alkanes of at least 4 members (excludes halogenated alkanes) is 3. The van der Waals surface area contributed by atoms with Crippen LogP contribution in [-0.4, -0.2) is 4.98 Å². The van der Waals surface area contributed by atoms with Gasteiger partial charge >= 0.3 is 0 Å². The Morgan fingerprint density at radius 3 is 1.58 bits per heavy atom. The van der Waals surface area contributed by atoms with Crippen LogP contribution in [-0.2, 0) is 32.1 Å². The van der Waals surface area contributed by atoms with Crippen LogP contribution >= 0.6 is 0 Å². The number of allylic oxidation sites excluding steroid dienone is 4. The fourth-order valence-corrected chi connectivity index (χ4v) is 3.24. The van der Waals surface area contributed by atoms with E-state index in [-0.39, 0.29) is 0 Å². The van der Waals surface area contributed by atoms with Crippen LogP contribution in [0.4, 0.5) is 0 Å². The highest BCUT2D eigenvalue weighted by Crippen LogP contribution is 2.26. The fraction of sp³-hybridized carbons (Fsp3) is 0.435. The van der Waals surface area contributed by atoms with Gasteiger partial charge < -0.3 is 0 Å². The van der Waals surface area contributed by atoms with E-state index in [1.807, 2.05) is 24.3 Å². The monoisotopic (exact) mass is 323 g/mol. The van der Waals surface area contributed by atoms with Gasteiger partial charge in [-0.1, -0.05) is 50.5 Å². The second-order valence-corrected chi connectivity index (χ2v) is 6.22. The third kappa shape index (κ3) is 5.63. The van der Waals surface area contributed by atoms with E-state index in [4.69, 9.17) is 4.98 Å². The molecule has 1 heteroatoms. The predicted molar refractivity (Wildman–Crippen MR) is 108 cm³/mol. The number of pyridine rings is 1. The van der Waals surface area contributed by atoms with Crippen molar-refractivity contribution in [3.8, 4) is 0 Å². The fourth-order valence-electron chi connectivity index (χ4n) is 3.24. The highest BCUT2D eigenvalue weighted by Gasteiger charge is 2.16. The first-order valence-electron chi connectivity index (χ1n) is 9.19. The molecule has 0 unspecified atom stereocenters. The third-order valence-corrected chi connectivity index (χ3v) is 4.35. The quantitative estimate of drug-likeness (QED) is 0.315. The van der Waals surface area contributed by atoms with Crippen molar-refractivity contribution in [3.05, 3.63) is 78.7 Å². The molecule has 0 radical (unpaired) electrons. The molecule has 1 nitrogen and oxygen atoms in total. The number of hydrogen-bond donors (Lipinski definition) is 0. The van der Waals surface area contributed by atoms with Crippen LogP contribution in [0.3, 0.4) is 0 Å². The average Bonchev–Trinajstić information content (AvgIpc) is 2.57. The molecule has 1 heterocycles. The Labute approximate surface area is 148 Å². The first kappa shape index (κ1) is 20.2. The topological polar surface area (TPSA) is 12.9 Å². The molecule has 0 spiro atoms. The van der Waals surface area contributed by atoms with Gasteiger partial charge in [-0.15, -0.1) is 26.3 Å². The van der Waals surface area contributed by atoms with Crippen LogP contribution in [0, 0.1) is 0 Å². The van der Waals surface area contributed by atoms with Crippen molar-refractivity contribution in [1.29, 1.82) is 0 Å². The molecule has 0 aromatic carbocycles. The van der Waals surface area contributed by atoms with Crippen LogP contribution in [0.1, 0.15) is 60.7 Å². The summed E-state index contributed by atoms with van der Waals surface area (Å²) < 4.78 is 0. The van der Waals surface area contributed by atoms with E-state index in [1.165, 1.54) is 42.4 Å².